The van der Waals surface area contributed by atoms with Crippen LogP contribution < -0.4 is 0 Å². The topological polar surface area (TPSA) is 69.2 Å². The molecule has 20 heavy (non-hydrogen) atoms. The van der Waals surface area contributed by atoms with E-state index in [1.807, 2.05) is 0 Å². The fraction of sp³-hybridized carbons (Fsp3) is 0.429. The monoisotopic (exact) mass is 277 g/mol. The van der Waals surface area contributed by atoms with Crippen molar-refractivity contribution in [3.05, 3.63) is 29.7 Å². The zero-order chi connectivity index (χ0) is 14.1. The number of nitrogens with one attached hydrogen (secondary N) is 1. The summed E-state index contributed by atoms with van der Waals surface area (Å²) in [7, 11) is 0. The van der Waals surface area contributed by atoms with Crippen LogP contribution in [-0.4, -0.2) is 45.8 Å². The molecule has 1 unspecified atom stereocenters. The van der Waals surface area contributed by atoms with Gasteiger partial charge in [-0.25, -0.2) is 4.39 Å². The maximum atomic E-state index is 14.0. The molecule has 0 radical (unpaired) electrons. The molecule has 1 amide bonds. The Kier molecular flexibility index (Phi) is 3.40. The average Bonchev–Trinajstić information content (AvgIpc) is 2.95. The molecule has 0 aliphatic carbocycles. The molecule has 3 rings (SSSR count). The lowest BCUT2D eigenvalue weighted by Crippen LogP contribution is -2.41. The molecule has 0 spiro atoms. The molecule has 106 valence electrons. The summed E-state index contributed by atoms with van der Waals surface area (Å²) >= 11 is 0. The summed E-state index contributed by atoms with van der Waals surface area (Å²) in [5.74, 6) is -0.776. The van der Waals surface area contributed by atoms with Crippen molar-refractivity contribution in [1.29, 1.82) is 0 Å². The second-order valence-electron chi connectivity index (χ2n) is 5.20. The van der Waals surface area contributed by atoms with Crippen LogP contribution in [0.15, 0.2) is 18.3 Å². The normalized spacial score (nSPS) is 19.5. The van der Waals surface area contributed by atoms with E-state index < -0.39 is 5.82 Å². The highest BCUT2D eigenvalue weighted by molar-refractivity contribution is 6.06. The van der Waals surface area contributed by atoms with Gasteiger partial charge in [-0.15, -0.1) is 0 Å². The molecule has 1 fully saturated rings. The van der Waals surface area contributed by atoms with Gasteiger partial charge in [-0.1, -0.05) is 0 Å². The van der Waals surface area contributed by atoms with E-state index in [1.54, 1.807) is 11.0 Å². The molecule has 0 bridgehead atoms. The summed E-state index contributed by atoms with van der Waals surface area (Å²) in [6.45, 7) is 1.13. The number of fused-ring (bicyclic) bond motifs is 1. The molecule has 1 saturated heterocycles. The van der Waals surface area contributed by atoms with Crippen molar-refractivity contribution in [1.82, 2.24) is 15.1 Å². The summed E-state index contributed by atoms with van der Waals surface area (Å²) in [5, 5.41) is 16.3. The zero-order valence-electron chi connectivity index (χ0n) is 11.0. The number of carbonyl (C=O) groups excluding carboxylic acids is 1. The van der Waals surface area contributed by atoms with E-state index in [-0.39, 0.29) is 24.0 Å². The Morgan fingerprint density at radius 3 is 3.20 bits per heavy atom. The standard InChI is InChI=1S/C14H16FN3O2/c15-11-3-4-12-10(6-16-17-12)13(11)14(20)18-5-1-2-9(7-18)8-19/h3-4,6,9,19H,1-2,5,7-8H2,(H,16,17). The van der Waals surface area contributed by atoms with Crippen LogP contribution >= 0.6 is 0 Å². The number of rotatable bonds is 2. The summed E-state index contributed by atoms with van der Waals surface area (Å²) in [4.78, 5) is 14.2. The van der Waals surface area contributed by atoms with Gasteiger partial charge in [0.15, 0.2) is 0 Å². The molecule has 2 aromatic rings. The number of nitrogens with zero attached hydrogens (tertiary/aromatic N) is 2. The number of amides is 1. The second kappa shape index (κ2) is 5.20. The van der Waals surface area contributed by atoms with Crippen LogP contribution in [0.4, 0.5) is 4.39 Å². The van der Waals surface area contributed by atoms with Gasteiger partial charge >= 0.3 is 0 Å². The molecule has 1 aliphatic rings. The van der Waals surface area contributed by atoms with Crippen molar-refractivity contribution < 1.29 is 14.3 Å². The number of piperidine rings is 1. The fourth-order valence-electron chi connectivity index (χ4n) is 2.76. The van der Waals surface area contributed by atoms with Crippen LogP contribution in [0.2, 0.25) is 0 Å². The van der Waals surface area contributed by atoms with Crippen molar-refractivity contribution in [3.8, 4) is 0 Å². The number of benzene rings is 1. The molecule has 1 aromatic carbocycles. The van der Waals surface area contributed by atoms with E-state index in [4.69, 9.17) is 0 Å². The molecule has 1 atom stereocenters. The summed E-state index contributed by atoms with van der Waals surface area (Å²) in [6, 6.07) is 2.85. The molecule has 6 heteroatoms. The molecule has 2 heterocycles. The van der Waals surface area contributed by atoms with Gasteiger partial charge in [0.2, 0.25) is 0 Å². The van der Waals surface area contributed by atoms with Crippen molar-refractivity contribution in [3.63, 3.8) is 0 Å². The second-order valence-corrected chi connectivity index (χ2v) is 5.20. The van der Waals surface area contributed by atoms with Crippen molar-refractivity contribution in [2.75, 3.05) is 19.7 Å². The van der Waals surface area contributed by atoms with Gasteiger partial charge in [-0.3, -0.25) is 9.89 Å². The number of aromatic amines is 1. The zero-order valence-corrected chi connectivity index (χ0v) is 11.0. The number of carbonyl (C=O) groups is 1. The Morgan fingerprint density at radius 1 is 1.55 bits per heavy atom. The van der Waals surface area contributed by atoms with E-state index in [2.05, 4.69) is 10.2 Å². The molecular weight excluding hydrogens is 261 g/mol. The third-order valence-corrected chi connectivity index (χ3v) is 3.85. The lowest BCUT2D eigenvalue weighted by molar-refractivity contribution is 0.0618. The highest BCUT2D eigenvalue weighted by atomic mass is 19.1. The fourth-order valence-corrected chi connectivity index (χ4v) is 2.76. The molecular formula is C14H16FN3O2. The molecule has 5 nitrogen and oxygen atoms in total. The van der Waals surface area contributed by atoms with Gasteiger partial charge in [0, 0.05) is 25.1 Å². The first kappa shape index (κ1) is 13.1. The molecule has 1 aromatic heterocycles. The Hall–Kier alpha value is -1.95. The molecule has 0 saturated carbocycles. The quantitative estimate of drug-likeness (QED) is 0.875. The predicted molar refractivity (Wildman–Crippen MR) is 71.8 cm³/mol. The predicted octanol–water partition coefficient (Wildman–Crippen LogP) is 1.55. The van der Waals surface area contributed by atoms with Gasteiger partial charge in [0.1, 0.15) is 5.82 Å². The van der Waals surface area contributed by atoms with Gasteiger partial charge in [-0.2, -0.15) is 5.10 Å². The minimum absolute atomic E-state index is 0.0577. The number of halogens is 1. The number of hydrogen-bond acceptors (Lipinski definition) is 3. The minimum atomic E-state index is -0.532. The van der Waals surface area contributed by atoms with Crippen LogP contribution in [0.5, 0.6) is 0 Å². The van der Waals surface area contributed by atoms with Gasteiger partial charge < -0.3 is 10.0 Å². The van der Waals surface area contributed by atoms with Crippen LogP contribution in [-0.2, 0) is 0 Å². The first-order valence-corrected chi connectivity index (χ1v) is 6.72. The minimum Gasteiger partial charge on any atom is -0.396 e. The lowest BCUT2D eigenvalue weighted by Gasteiger charge is -2.32. The summed E-state index contributed by atoms with van der Waals surface area (Å²) in [6.07, 6.45) is 3.21. The Bertz CT molecular complexity index is 640. The number of aliphatic hydroxyl groups excluding tert-OH is 1. The number of likely N-dealkylation sites (tertiary alicyclic amines) is 1. The third kappa shape index (κ3) is 2.16. The van der Waals surface area contributed by atoms with Gasteiger partial charge in [-0.05, 0) is 30.9 Å². The lowest BCUT2D eigenvalue weighted by atomic mass is 9.98. The van der Waals surface area contributed by atoms with Crippen LogP contribution in [0.25, 0.3) is 10.9 Å². The van der Waals surface area contributed by atoms with Crippen molar-refractivity contribution >= 4 is 16.8 Å². The van der Waals surface area contributed by atoms with Crippen LogP contribution in [0.1, 0.15) is 23.2 Å². The SMILES string of the molecule is O=C(c1c(F)ccc2[nH]ncc12)N1CCCC(CO)C1. The van der Waals surface area contributed by atoms with Crippen molar-refractivity contribution in [2.45, 2.75) is 12.8 Å². The first-order chi connectivity index (χ1) is 9.70. The van der Waals surface area contributed by atoms with Crippen LogP contribution in [0, 0.1) is 11.7 Å². The number of aromatic nitrogens is 2. The van der Waals surface area contributed by atoms with E-state index in [0.717, 1.165) is 12.8 Å². The van der Waals surface area contributed by atoms with E-state index in [0.29, 0.717) is 24.0 Å². The van der Waals surface area contributed by atoms with Crippen molar-refractivity contribution in [2.24, 2.45) is 5.92 Å². The molecule has 2 N–H and O–H groups in total. The highest BCUT2D eigenvalue weighted by Crippen LogP contribution is 2.24. The molecule has 1 aliphatic heterocycles. The van der Waals surface area contributed by atoms with E-state index in [1.165, 1.54) is 12.3 Å². The summed E-state index contributed by atoms with van der Waals surface area (Å²) < 4.78 is 14.0. The maximum Gasteiger partial charge on any atom is 0.257 e. The Morgan fingerprint density at radius 2 is 2.40 bits per heavy atom. The first-order valence-electron chi connectivity index (χ1n) is 6.72. The van der Waals surface area contributed by atoms with E-state index in [9.17, 15) is 14.3 Å². The van der Waals surface area contributed by atoms with Crippen LogP contribution in [0.3, 0.4) is 0 Å². The Labute approximate surface area is 115 Å². The van der Waals surface area contributed by atoms with E-state index >= 15 is 0 Å². The highest BCUT2D eigenvalue weighted by Gasteiger charge is 2.27. The van der Waals surface area contributed by atoms with Gasteiger partial charge in [0.25, 0.3) is 5.91 Å². The number of hydrogen-bond donors (Lipinski definition) is 2. The maximum absolute atomic E-state index is 14.0. The number of aliphatic hydroxyl groups is 1. The van der Waals surface area contributed by atoms with Gasteiger partial charge in [0.05, 0.1) is 17.3 Å². The third-order valence-electron chi connectivity index (χ3n) is 3.85. The average molecular weight is 277 g/mol. The number of H-pyrrole nitrogens is 1. The largest absolute Gasteiger partial charge is 0.396 e. The summed E-state index contributed by atoms with van der Waals surface area (Å²) in [5.41, 5.74) is 0.709. The Balaban J connectivity index is 1.96. The smallest absolute Gasteiger partial charge is 0.257 e.